The largest absolute Gasteiger partial charge is 0.457 e. The van der Waals surface area contributed by atoms with Crippen LogP contribution in [-0.4, -0.2) is 34.1 Å². The van der Waals surface area contributed by atoms with Crippen LogP contribution < -0.4 is 15.4 Å². The Kier molecular flexibility index (Phi) is 6.94. The second-order valence-electron chi connectivity index (χ2n) is 6.90. The lowest BCUT2D eigenvalue weighted by Crippen LogP contribution is -2.49. The van der Waals surface area contributed by atoms with E-state index in [1.807, 2.05) is 12.1 Å². The van der Waals surface area contributed by atoms with E-state index in [1.165, 1.54) is 26.0 Å². The highest BCUT2D eigenvalue weighted by molar-refractivity contribution is 5.96. The van der Waals surface area contributed by atoms with Gasteiger partial charge in [0, 0.05) is 12.5 Å². The van der Waals surface area contributed by atoms with E-state index in [9.17, 15) is 19.1 Å². The number of nitrogens with one attached hydrogen (secondary N) is 2. The van der Waals surface area contributed by atoms with Gasteiger partial charge in [0.15, 0.2) is 0 Å². The zero-order chi connectivity index (χ0) is 22.4. The van der Waals surface area contributed by atoms with E-state index in [0.717, 1.165) is 5.56 Å². The van der Waals surface area contributed by atoms with Gasteiger partial charge >= 0.3 is 0 Å². The number of rotatable bonds is 7. The maximum Gasteiger partial charge on any atom is 0.250 e. The van der Waals surface area contributed by atoms with Crippen molar-refractivity contribution in [3.05, 3.63) is 72.5 Å². The molecule has 0 saturated carbocycles. The van der Waals surface area contributed by atoms with Gasteiger partial charge in [-0.25, -0.2) is 9.37 Å². The molecule has 3 rings (SSSR count). The molecule has 0 fully saturated rings. The van der Waals surface area contributed by atoms with Crippen LogP contribution in [-0.2, 0) is 9.59 Å². The summed E-state index contributed by atoms with van der Waals surface area (Å²) in [6.45, 7) is 2.69. The van der Waals surface area contributed by atoms with Gasteiger partial charge in [-0.2, -0.15) is 0 Å². The SMILES string of the molecule is CC(=O)NC(C(=O)Nc1cccc(-c2ccc(Oc3ccc(F)cc3)cc2)n1)[C@@H](C)O. The lowest BCUT2D eigenvalue weighted by molar-refractivity contribution is -0.127. The molecule has 1 heterocycles. The molecule has 2 atom stereocenters. The summed E-state index contributed by atoms with van der Waals surface area (Å²) in [5, 5.41) is 14.8. The molecule has 2 aromatic carbocycles. The van der Waals surface area contributed by atoms with E-state index < -0.39 is 24.0 Å². The van der Waals surface area contributed by atoms with E-state index in [1.54, 1.807) is 42.5 Å². The third kappa shape index (κ3) is 6.10. The van der Waals surface area contributed by atoms with Crippen LogP contribution in [0.1, 0.15) is 13.8 Å². The standard InChI is InChI=1S/C23H22FN3O4/c1-14(28)22(25-15(2)29)23(30)27-21-5-3-4-20(26-21)16-6-10-18(11-7-16)31-19-12-8-17(24)9-13-19/h3-14,22,28H,1-2H3,(H,25,29)(H,26,27,30)/t14-,22?/m1/s1. The van der Waals surface area contributed by atoms with Crippen LogP contribution in [0, 0.1) is 5.82 Å². The molecule has 0 aliphatic rings. The average Bonchev–Trinajstić information content (AvgIpc) is 2.74. The Morgan fingerprint density at radius 2 is 1.61 bits per heavy atom. The second kappa shape index (κ2) is 9.82. The first kappa shape index (κ1) is 21.9. The molecule has 0 spiro atoms. The van der Waals surface area contributed by atoms with Crippen molar-refractivity contribution in [3.63, 3.8) is 0 Å². The maximum absolute atomic E-state index is 13.0. The number of benzene rings is 2. The van der Waals surface area contributed by atoms with Crippen molar-refractivity contribution >= 4 is 17.6 Å². The molecule has 3 N–H and O–H groups in total. The minimum Gasteiger partial charge on any atom is -0.457 e. The summed E-state index contributed by atoms with van der Waals surface area (Å²) in [7, 11) is 0. The van der Waals surface area contributed by atoms with Gasteiger partial charge in [0.05, 0.1) is 11.8 Å². The number of hydrogen-bond acceptors (Lipinski definition) is 5. The Labute approximate surface area is 178 Å². The van der Waals surface area contributed by atoms with E-state index >= 15 is 0 Å². The third-order valence-corrected chi connectivity index (χ3v) is 4.32. The summed E-state index contributed by atoms with van der Waals surface area (Å²) in [6, 6.07) is 16.9. The fourth-order valence-corrected chi connectivity index (χ4v) is 2.83. The van der Waals surface area contributed by atoms with Crippen molar-refractivity contribution in [2.24, 2.45) is 0 Å². The van der Waals surface area contributed by atoms with Crippen molar-refractivity contribution in [2.75, 3.05) is 5.32 Å². The minimum absolute atomic E-state index is 0.283. The molecular weight excluding hydrogens is 401 g/mol. The molecule has 0 radical (unpaired) electrons. The first-order valence-corrected chi connectivity index (χ1v) is 9.59. The zero-order valence-corrected chi connectivity index (χ0v) is 17.0. The van der Waals surface area contributed by atoms with Crippen molar-refractivity contribution < 1.29 is 23.8 Å². The number of halogens is 1. The molecule has 1 aromatic heterocycles. The normalized spacial score (nSPS) is 12.5. The second-order valence-corrected chi connectivity index (χ2v) is 6.90. The summed E-state index contributed by atoms with van der Waals surface area (Å²) in [5.74, 6) is 0.0463. The molecule has 8 heteroatoms. The van der Waals surface area contributed by atoms with Gasteiger partial charge < -0.3 is 20.5 Å². The van der Waals surface area contributed by atoms with Crippen molar-refractivity contribution in [2.45, 2.75) is 26.0 Å². The van der Waals surface area contributed by atoms with E-state index in [0.29, 0.717) is 17.2 Å². The van der Waals surface area contributed by atoms with Crippen molar-refractivity contribution in [1.82, 2.24) is 10.3 Å². The molecule has 0 bridgehead atoms. The number of carbonyl (C=O) groups excluding carboxylic acids is 2. The zero-order valence-electron chi connectivity index (χ0n) is 17.0. The third-order valence-electron chi connectivity index (χ3n) is 4.32. The van der Waals surface area contributed by atoms with Gasteiger partial charge in [-0.1, -0.05) is 6.07 Å². The van der Waals surface area contributed by atoms with Crippen molar-refractivity contribution in [1.29, 1.82) is 0 Å². The lowest BCUT2D eigenvalue weighted by Gasteiger charge is -2.19. The monoisotopic (exact) mass is 423 g/mol. The summed E-state index contributed by atoms with van der Waals surface area (Å²) < 4.78 is 18.7. The summed E-state index contributed by atoms with van der Waals surface area (Å²) >= 11 is 0. The summed E-state index contributed by atoms with van der Waals surface area (Å²) in [4.78, 5) is 28.1. The minimum atomic E-state index is -1.09. The highest BCUT2D eigenvalue weighted by Crippen LogP contribution is 2.25. The molecule has 0 saturated heterocycles. The number of anilines is 1. The number of aliphatic hydroxyl groups excluding tert-OH is 1. The molecular formula is C23H22FN3O4. The Morgan fingerprint density at radius 1 is 1.00 bits per heavy atom. The Bertz CT molecular complexity index is 1050. The number of aromatic nitrogens is 1. The molecule has 0 aliphatic carbocycles. The maximum atomic E-state index is 13.0. The number of amides is 2. The van der Waals surface area contributed by atoms with Crippen LogP contribution in [0.15, 0.2) is 66.7 Å². The lowest BCUT2D eigenvalue weighted by atomic mass is 10.1. The molecule has 31 heavy (non-hydrogen) atoms. The van der Waals surface area contributed by atoms with Crippen molar-refractivity contribution in [3.8, 4) is 22.8 Å². The number of nitrogens with zero attached hydrogens (tertiary/aromatic N) is 1. The number of hydrogen-bond donors (Lipinski definition) is 3. The smallest absolute Gasteiger partial charge is 0.250 e. The Morgan fingerprint density at radius 3 is 2.19 bits per heavy atom. The van der Waals surface area contributed by atoms with Gasteiger partial charge in [-0.05, 0) is 67.6 Å². The van der Waals surface area contributed by atoms with Crippen LogP contribution in [0.2, 0.25) is 0 Å². The molecule has 160 valence electrons. The fourth-order valence-electron chi connectivity index (χ4n) is 2.83. The van der Waals surface area contributed by atoms with E-state index in [-0.39, 0.29) is 11.6 Å². The van der Waals surface area contributed by atoms with Gasteiger partial charge in [0.1, 0.15) is 29.2 Å². The number of ether oxygens (including phenoxy) is 1. The number of carbonyl (C=O) groups is 2. The van der Waals surface area contributed by atoms with Gasteiger partial charge in [0.2, 0.25) is 5.91 Å². The van der Waals surface area contributed by atoms with Crippen LogP contribution in [0.5, 0.6) is 11.5 Å². The highest BCUT2D eigenvalue weighted by atomic mass is 19.1. The molecule has 0 aliphatic heterocycles. The average molecular weight is 423 g/mol. The quantitative estimate of drug-likeness (QED) is 0.540. The predicted molar refractivity (Wildman–Crippen MR) is 114 cm³/mol. The summed E-state index contributed by atoms with van der Waals surface area (Å²) in [5.41, 5.74) is 1.40. The van der Waals surface area contributed by atoms with Crippen LogP contribution in [0.3, 0.4) is 0 Å². The molecule has 7 nitrogen and oxygen atoms in total. The molecule has 2 amide bonds. The Balaban J connectivity index is 1.71. The van der Waals surface area contributed by atoms with Crippen LogP contribution in [0.4, 0.5) is 10.2 Å². The van der Waals surface area contributed by atoms with Gasteiger partial charge in [-0.15, -0.1) is 0 Å². The van der Waals surface area contributed by atoms with Gasteiger partial charge in [0.25, 0.3) is 5.91 Å². The topological polar surface area (TPSA) is 101 Å². The fraction of sp³-hybridized carbons (Fsp3) is 0.174. The predicted octanol–water partition coefficient (Wildman–Crippen LogP) is 3.50. The van der Waals surface area contributed by atoms with Crippen LogP contribution in [0.25, 0.3) is 11.3 Å². The number of aliphatic hydroxyl groups is 1. The van der Waals surface area contributed by atoms with Crippen LogP contribution >= 0.6 is 0 Å². The molecule has 3 aromatic rings. The highest BCUT2D eigenvalue weighted by Gasteiger charge is 2.24. The van der Waals surface area contributed by atoms with E-state index in [2.05, 4.69) is 15.6 Å². The first-order valence-electron chi connectivity index (χ1n) is 9.59. The molecule has 1 unspecified atom stereocenters. The first-order chi connectivity index (χ1) is 14.8. The van der Waals surface area contributed by atoms with Gasteiger partial charge in [-0.3, -0.25) is 9.59 Å². The Hall–Kier alpha value is -3.78. The number of pyridine rings is 1. The van der Waals surface area contributed by atoms with E-state index in [4.69, 9.17) is 4.74 Å². The summed E-state index contributed by atoms with van der Waals surface area (Å²) in [6.07, 6.45) is -1.07.